The highest BCUT2D eigenvalue weighted by molar-refractivity contribution is 5.94. The highest BCUT2D eigenvalue weighted by Crippen LogP contribution is 2.27. The molecule has 0 aliphatic heterocycles. The van der Waals surface area contributed by atoms with E-state index in [4.69, 9.17) is 4.74 Å². The molecule has 2 rings (SSSR count). The largest absolute Gasteiger partial charge is 0.462 e. The molecule has 1 aromatic carbocycles. The van der Waals surface area contributed by atoms with Crippen LogP contribution < -0.4 is 5.32 Å². The molecule has 0 spiro atoms. The number of benzene rings is 1. The standard InChI is InChI=1S/C19H27NO3/c1-2-13-23-19(22)16-9-6-10-17(14-16)20-18(21)12-11-15-7-4-3-5-8-15/h6,9-10,14-15H,2-5,7-8,11-13H2,1H3,(H,20,21). The summed E-state index contributed by atoms with van der Waals surface area (Å²) in [6.45, 7) is 2.37. The summed E-state index contributed by atoms with van der Waals surface area (Å²) in [7, 11) is 0. The molecule has 0 bridgehead atoms. The number of carbonyl (C=O) groups is 2. The van der Waals surface area contributed by atoms with Crippen LogP contribution in [-0.4, -0.2) is 18.5 Å². The van der Waals surface area contributed by atoms with Crippen molar-refractivity contribution in [3.05, 3.63) is 29.8 Å². The average Bonchev–Trinajstić information content (AvgIpc) is 2.59. The molecule has 4 heteroatoms. The third-order valence-electron chi connectivity index (χ3n) is 4.32. The van der Waals surface area contributed by atoms with Crippen molar-refractivity contribution in [1.82, 2.24) is 0 Å². The Balaban J connectivity index is 1.81. The Bertz CT molecular complexity index is 521. The Morgan fingerprint density at radius 3 is 2.74 bits per heavy atom. The van der Waals surface area contributed by atoms with Crippen LogP contribution in [0.25, 0.3) is 0 Å². The first kappa shape index (κ1) is 17.5. The Hall–Kier alpha value is -1.84. The second-order valence-electron chi connectivity index (χ2n) is 6.31. The third kappa shape index (κ3) is 6.05. The van der Waals surface area contributed by atoms with E-state index in [9.17, 15) is 9.59 Å². The minimum atomic E-state index is -0.342. The maximum absolute atomic E-state index is 12.1. The van der Waals surface area contributed by atoms with Crippen molar-refractivity contribution in [3.63, 3.8) is 0 Å². The van der Waals surface area contributed by atoms with Gasteiger partial charge in [0.2, 0.25) is 5.91 Å². The van der Waals surface area contributed by atoms with E-state index < -0.39 is 0 Å². The first-order chi connectivity index (χ1) is 11.2. The highest BCUT2D eigenvalue weighted by atomic mass is 16.5. The van der Waals surface area contributed by atoms with E-state index in [1.165, 1.54) is 32.1 Å². The van der Waals surface area contributed by atoms with Crippen LogP contribution in [0.15, 0.2) is 24.3 Å². The Kier molecular flexibility index (Phi) is 7.11. The number of amides is 1. The summed E-state index contributed by atoms with van der Waals surface area (Å²) in [6.07, 6.45) is 8.76. The maximum atomic E-state index is 12.1. The number of hydrogen-bond donors (Lipinski definition) is 1. The summed E-state index contributed by atoms with van der Waals surface area (Å²) in [5, 5.41) is 2.89. The molecule has 0 unspecified atom stereocenters. The molecular formula is C19H27NO3. The average molecular weight is 317 g/mol. The van der Waals surface area contributed by atoms with E-state index in [0.717, 1.165) is 12.8 Å². The third-order valence-corrected chi connectivity index (χ3v) is 4.32. The molecule has 1 aromatic rings. The zero-order chi connectivity index (χ0) is 16.5. The van der Waals surface area contributed by atoms with E-state index in [1.807, 2.05) is 6.92 Å². The molecule has 23 heavy (non-hydrogen) atoms. The van der Waals surface area contributed by atoms with Crippen LogP contribution in [0, 0.1) is 5.92 Å². The summed E-state index contributed by atoms with van der Waals surface area (Å²) >= 11 is 0. The minimum Gasteiger partial charge on any atom is -0.462 e. The fourth-order valence-corrected chi connectivity index (χ4v) is 3.04. The molecule has 1 saturated carbocycles. The number of nitrogens with one attached hydrogen (secondary N) is 1. The Morgan fingerprint density at radius 2 is 2.00 bits per heavy atom. The van der Waals surface area contributed by atoms with Crippen LogP contribution in [0.3, 0.4) is 0 Å². The van der Waals surface area contributed by atoms with Crippen molar-refractivity contribution in [2.24, 2.45) is 5.92 Å². The maximum Gasteiger partial charge on any atom is 0.338 e. The van der Waals surface area contributed by atoms with Gasteiger partial charge in [-0.2, -0.15) is 0 Å². The molecule has 1 amide bonds. The van der Waals surface area contributed by atoms with Gasteiger partial charge in [0.05, 0.1) is 12.2 Å². The SMILES string of the molecule is CCCOC(=O)c1cccc(NC(=O)CCC2CCCCC2)c1. The lowest BCUT2D eigenvalue weighted by atomic mass is 9.86. The number of anilines is 1. The molecule has 0 atom stereocenters. The zero-order valence-corrected chi connectivity index (χ0v) is 14.0. The fraction of sp³-hybridized carbons (Fsp3) is 0.579. The second kappa shape index (κ2) is 9.33. The molecule has 1 aliphatic carbocycles. The van der Waals surface area contributed by atoms with Gasteiger partial charge < -0.3 is 10.1 Å². The van der Waals surface area contributed by atoms with E-state index in [-0.39, 0.29) is 11.9 Å². The van der Waals surface area contributed by atoms with Gasteiger partial charge in [-0.1, -0.05) is 45.1 Å². The molecule has 0 radical (unpaired) electrons. The van der Waals surface area contributed by atoms with Gasteiger partial charge >= 0.3 is 5.97 Å². The van der Waals surface area contributed by atoms with Crippen LogP contribution in [0.2, 0.25) is 0 Å². The first-order valence-corrected chi connectivity index (χ1v) is 8.76. The van der Waals surface area contributed by atoms with Crippen LogP contribution in [0.5, 0.6) is 0 Å². The highest BCUT2D eigenvalue weighted by Gasteiger charge is 2.15. The van der Waals surface area contributed by atoms with Gasteiger partial charge in [-0.25, -0.2) is 4.79 Å². The first-order valence-electron chi connectivity index (χ1n) is 8.76. The molecule has 126 valence electrons. The number of ether oxygens (including phenoxy) is 1. The van der Waals surface area contributed by atoms with Crippen molar-refractivity contribution in [1.29, 1.82) is 0 Å². The lowest BCUT2D eigenvalue weighted by Gasteiger charge is -2.21. The Labute approximate surface area is 138 Å². The molecular weight excluding hydrogens is 290 g/mol. The van der Waals surface area contributed by atoms with Crippen molar-refractivity contribution in [2.45, 2.75) is 58.3 Å². The fourth-order valence-electron chi connectivity index (χ4n) is 3.04. The molecule has 1 N–H and O–H groups in total. The molecule has 0 aromatic heterocycles. The quantitative estimate of drug-likeness (QED) is 0.750. The van der Waals surface area contributed by atoms with Gasteiger partial charge in [0, 0.05) is 12.1 Å². The van der Waals surface area contributed by atoms with Gasteiger partial charge in [-0.05, 0) is 37.0 Å². The molecule has 1 fully saturated rings. The summed E-state index contributed by atoms with van der Waals surface area (Å²) in [5.41, 5.74) is 1.13. The van der Waals surface area contributed by atoms with Crippen molar-refractivity contribution in [3.8, 4) is 0 Å². The lowest BCUT2D eigenvalue weighted by Crippen LogP contribution is -2.15. The summed E-state index contributed by atoms with van der Waals surface area (Å²) in [4.78, 5) is 23.9. The van der Waals surface area contributed by atoms with Gasteiger partial charge in [0.1, 0.15) is 0 Å². The molecule has 0 saturated heterocycles. The normalized spacial score (nSPS) is 15.2. The number of hydrogen-bond acceptors (Lipinski definition) is 3. The van der Waals surface area contributed by atoms with E-state index in [2.05, 4.69) is 5.32 Å². The number of rotatable bonds is 7. The number of carbonyl (C=O) groups excluding carboxylic acids is 2. The molecule has 4 nitrogen and oxygen atoms in total. The van der Waals surface area contributed by atoms with Crippen LogP contribution >= 0.6 is 0 Å². The van der Waals surface area contributed by atoms with Gasteiger partial charge in [0.15, 0.2) is 0 Å². The predicted octanol–water partition coefficient (Wildman–Crippen LogP) is 4.55. The monoisotopic (exact) mass is 317 g/mol. The topological polar surface area (TPSA) is 55.4 Å². The van der Waals surface area contributed by atoms with Gasteiger partial charge in [-0.15, -0.1) is 0 Å². The van der Waals surface area contributed by atoms with Crippen molar-refractivity contribution >= 4 is 17.6 Å². The summed E-state index contributed by atoms with van der Waals surface area (Å²) < 4.78 is 5.11. The zero-order valence-electron chi connectivity index (χ0n) is 14.0. The van der Waals surface area contributed by atoms with Crippen LogP contribution in [0.1, 0.15) is 68.6 Å². The van der Waals surface area contributed by atoms with Gasteiger partial charge in [0.25, 0.3) is 0 Å². The Morgan fingerprint density at radius 1 is 1.22 bits per heavy atom. The molecule has 0 heterocycles. The second-order valence-corrected chi connectivity index (χ2v) is 6.31. The smallest absolute Gasteiger partial charge is 0.338 e. The van der Waals surface area contributed by atoms with Crippen LogP contribution in [0.4, 0.5) is 5.69 Å². The predicted molar refractivity (Wildman–Crippen MR) is 91.5 cm³/mol. The summed E-state index contributed by atoms with van der Waals surface area (Å²) in [5.74, 6) is 0.379. The van der Waals surface area contributed by atoms with Crippen molar-refractivity contribution < 1.29 is 14.3 Å². The summed E-state index contributed by atoms with van der Waals surface area (Å²) in [6, 6.07) is 6.95. The molecule has 1 aliphatic rings. The van der Waals surface area contributed by atoms with Crippen molar-refractivity contribution in [2.75, 3.05) is 11.9 Å². The number of esters is 1. The van der Waals surface area contributed by atoms with Gasteiger partial charge in [-0.3, -0.25) is 4.79 Å². The minimum absolute atomic E-state index is 0.0228. The lowest BCUT2D eigenvalue weighted by molar-refractivity contribution is -0.116. The van der Waals surface area contributed by atoms with E-state index in [1.54, 1.807) is 24.3 Å². The van der Waals surface area contributed by atoms with E-state index >= 15 is 0 Å². The van der Waals surface area contributed by atoms with E-state index in [0.29, 0.717) is 30.2 Å². The van der Waals surface area contributed by atoms with Crippen LogP contribution in [-0.2, 0) is 9.53 Å².